The average molecular weight is 250 g/mol. The van der Waals surface area contributed by atoms with Gasteiger partial charge in [0.2, 0.25) is 5.91 Å². The molecular formula is C12H14N2O4. The van der Waals surface area contributed by atoms with Gasteiger partial charge in [0.15, 0.2) is 0 Å². The molecule has 1 aromatic carbocycles. The number of aromatic carboxylic acids is 1. The molecule has 1 aromatic rings. The van der Waals surface area contributed by atoms with Crippen molar-refractivity contribution in [2.75, 3.05) is 24.4 Å². The molecule has 1 heterocycles. The number of hydrogen-bond acceptors (Lipinski definition) is 4. The van der Waals surface area contributed by atoms with Crippen LogP contribution in [-0.2, 0) is 9.53 Å². The number of methoxy groups -OCH3 is 1. The molecule has 6 heteroatoms. The lowest BCUT2D eigenvalue weighted by atomic mass is 10.1. The van der Waals surface area contributed by atoms with E-state index in [4.69, 9.17) is 9.84 Å². The van der Waals surface area contributed by atoms with Crippen molar-refractivity contribution in [1.29, 1.82) is 0 Å². The third-order valence-electron chi connectivity index (χ3n) is 2.80. The minimum Gasteiger partial charge on any atom is -0.478 e. The van der Waals surface area contributed by atoms with Crippen LogP contribution in [0.5, 0.6) is 0 Å². The molecule has 0 saturated carbocycles. The number of fused-ring (bicyclic) bond motifs is 1. The van der Waals surface area contributed by atoms with Crippen LogP contribution < -0.4 is 10.6 Å². The Morgan fingerprint density at radius 2 is 2.28 bits per heavy atom. The summed E-state index contributed by atoms with van der Waals surface area (Å²) in [6, 6.07) is 4.43. The van der Waals surface area contributed by atoms with E-state index >= 15 is 0 Å². The fourth-order valence-corrected chi connectivity index (χ4v) is 1.89. The first kappa shape index (κ1) is 12.4. The first-order chi connectivity index (χ1) is 8.63. The van der Waals surface area contributed by atoms with Crippen LogP contribution in [0.25, 0.3) is 0 Å². The van der Waals surface area contributed by atoms with Crippen molar-refractivity contribution in [3.8, 4) is 0 Å². The zero-order chi connectivity index (χ0) is 13.1. The van der Waals surface area contributed by atoms with E-state index in [0.717, 1.165) is 0 Å². The van der Waals surface area contributed by atoms with Crippen molar-refractivity contribution in [3.05, 3.63) is 23.8 Å². The van der Waals surface area contributed by atoms with E-state index < -0.39 is 12.0 Å². The van der Waals surface area contributed by atoms with Gasteiger partial charge >= 0.3 is 5.97 Å². The maximum atomic E-state index is 11.8. The van der Waals surface area contributed by atoms with E-state index in [1.807, 2.05) is 0 Å². The smallest absolute Gasteiger partial charge is 0.337 e. The van der Waals surface area contributed by atoms with Gasteiger partial charge in [-0.15, -0.1) is 0 Å². The SMILES string of the molecule is COCCC1Nc2cccc(C(=O)O)c2NC1=O. The van der Waals surface area contributed by atoms with Gasteiger partial charge < -0.3 is 20.5 Å². The van der Waals surface area contributed by atoms with Gasteiger partial charge in [-0.25, -0.2) is 4.79 Å². The summed E-state index contributed by atoms with van der Waals surface area (Å²) >= 11 is 0. The summed E-state index contributed by atoms with van der Waals surface area (Å²) in [5.74, 6) is -1.31. The molecule has 0 aromatic heterocycles. The molecule has 1 atom stereocenters. The number of carboxylic acids is 1. The summed E-state index contributed by atoms with van der Waals surface area (Å²) in [6.45, 7) is 0.457. The third kappa shape index (κ3) is 2.28. The minimum absolute atomic E-state index is 0.0820. The summed E-state index contributed by atoms with van der Waals surface area (Å²) in [4.78, 5) is 22.8. The number of carboxylic acid groups (broad SMARTS) is 1. The van der Waals surface area contributed by atoms with Gasteiger partial charge in [0.05, 0.1) is 16.9 Å². The molecule has 0 bridgehead atoms. The van der Waals surface area contributed by atoms with Gasteiger partial charge in [-0.2, -0.15) is 0 Å². The second-order valence-corrected chi connectivity index (χ2v) is 4.00. The highest BCUT2D eigenvalue weighted by atomic mass is 16.5. The Labute approximate surface area is 104 Å². The van der Waals surface area contributed by atoms with Crippen molar-refractivity contribution in [2.24, 2.45) is 0 Å². The van der Waals surface area contributed by atoms with Gasteiger partial charge in [-0.05, 0) is 18.6 Å². The Kier molecular flexibility index (Phi) is 3.47. The highest BCUT2D eigenvalue weighted by Crippen LogP contribution is 2.30. The summed E-state index contributed by atoms with van der Waals surface area (Å²) in [6.07, 6.45) is 0.527. The Balaban J connectivity index is 2.27. The lowest BCUT2D eigenvalue weighted by molar-refractivity contribution is -0.117. The number of carbonyl (C=O) groups excluding carboxylic acids is 1. The maximum Gasteiger partial charge on any atom is 0.337 e. The number of nitrogens with one attached hydrogen (secondary N) is 2. The molecule has 1 amide bonds. The summed E-state index contributed by atoms with van der Waals surface area (Å²) < 4.78 is 4.93. The van der Waals surface area contributed by atoms with E-state index in [2.05, 4.69) is 10.6 Å². The zero-order valence-electron chi connectivity index (χ0n) is 9.90. The summed E-state index contributed by atoms with van der Waals surface area (Å²) in [5.41, 5.74) is 1.03. The molecule has 2 rings (SSSR count). The van der Waals surface area contributed by atoms with Gasteiger partial charge in [0.1, 0.15) is 6.04 Å². The molecule has 0 radical (unpaired) electrons. The maximum absolute atomic E-state index is 11.8. The van der Waals surface area contributed by atoms with Gasteiger partial charge in [-0.3, -0.25) is 4.79 Å². The number of hydrogen-bond donors (Lipinski definition) is 3. The highest BCUT2D eigenvalue weighted by molar-refractivity contribution is 6.09. The van der Waals surface area contributed by atoms with Crippen molar-refractivity contribution >= 4 is 23.3 Å². The molecule has 6 nitrogen and oxygen atoms in total. The second kappa shape index (κ2) is 5.05. The molecule has 96 valence electrons. The van der Waals surface area contributed by atoms with Crippen LogP contribution in [0.2, 0.25) is 0 Å². The van der Waals surface area contributed by atoms with E-state index in [-0.39, 0.29) is 11.5 Å². The lowest BCUT2D eigenvalue weighted by Crippen LogP contribution is -2.40. The van der Waals surface area contributed by atoms with Gasteiger partial charge in [-0.1, -0.05) is 6.07 Å². The molecule has 0 spiro atoms. The zero-order valence-corrected chi connectivity index (χ0v) is 9.90. The topological polar surface area (TPSA) is 87.7 Å². The van der Waals surface area contributed by atoms with E-state index in [1.165, 1.54) is 6.07 Å². The van der Waals surface area contributed by atoms with E-state index in [0.29, 0.717) is 24.4 Å². The quantitative estimate of drug-likeness (QED) is 0.746. The minimum atomic E-state index is -1.07. The number of anilines is 2. The number of amides is 1. The second-order valence-electron chi connectivity index (χ2n) is 4.00. The molecule has 18 heavy (non-hydrogen) atoms. The first-order valence-electron chi connectivity index (χ1n) is 5.56. The first-order valence-corrected chi connectivity index (χ1v) is 5.56. The Bertz CT molecular complexity index is 487. The van der Waals surface area contributed by atoms with Crippen molar-refractivity contribution in [1.82, 2.24) is 0 Å². The Hall–Kier alpha value is -2.08. The van der Waals surface area contributed by atoms with Crippen molar-refractivity contribution in [2.45, 2.75) is 12.5 Å². The Morgan fingerprint density at radius 1 is 1.50 bits per heavy atom. The predicted molar refractivity (Wildman–Crippen MR) is 65.9 cm³/mol. The van der Waals surface area contributed by atoms with E-state index in [9.17, 15) is 9.59 Å². The van der Waals surface area contributed by atoms with Crippen LogP contribution in [0.4, 0.5) is 11.4 Å². The molecule has 0 fully saturated rings. The molecule has 0 aliphatic carbocycles. The normalized spacial score (nSPS) is 17.6. The van der Waals surface area contributed by atoms with Crippen LogP contribution in [0.15, 0.2) is 18.2 Å². The molecule has 0 saturated heterocycles. The van der Waals surface area contributed by atoms with Gasteiger partial charge in [0, 0.05) is 13.7 Å². The molecular weight excluding hydrogens is 236 g/mol. The van der Waals surface area contributed by atoms with Gasteiger partial charge in [0.25, 0.3) is 0 Å². The molecule has 1 aliphatic heterocycles. The Morgan fingerprint density at radius 3 is 2.94 bits per heavy atom. The largest absolute Gasteiger partial charge is 0.478 e. The van der Waals surface area contributed by atoms with E-state index in [1.54, 1.807) is 19.2 Å². The average Bonchev–Trinajstić information content (AvgIpc) is 2.35. The van der Waals surface area contributed by atoms with Crippen molar-refractivity contribution in [3.63, 3.8) is 0 Å². The molecule has 1 unspecified atom stereocenters. The van der Waals surface area contributed by atoms with Crippen LogP contribution in [-0.4, -0.2) is 36.7 Å². The third-order valence-corrected chi connectivity index (χ3v) is 2.80. The number of ether oxygens (including phenoxy) is 1. The summed E-state index contributed by atoms with van der Waals surface area (Å²) in [7, 11) is 1.57. The van der Waals surface area contributed by atoms with Crippen molar-refractivity contribution < 1.29 is 19.4 Å². The lowest BCUT2D eigenvalue weighted by Gasteiger charge is -2.27. The highest BCUT2D eigenvalue weighted by Gasteiger charge is 2.27. The summed E-state index contributed by atoms with van der Waals surface area (Å²) in [5, 5.41) is 14.7. The number of rotatable bonds is 4. The number of para-hydroxylation sites is 1. The standard InChI is InChI=1S/C12H14N2O4/c1-18-6-5-9-11(15)14-10-7(12(16)17)3-2-4-8(10)13-9/h2-4,9,13H,5-6H2,1H3,(H,14,15)(H,16,17). The predicted octanol–water partition coefficient (Wildman–Crippen LogP) is 1.15. The van der Waals surface area contributed by atoms with Crippen LogP contribution >= 0.6 is 0 Å². The molecule has 1 aliphatic rings. The van der Waals surface area contributed by atoms with Crippen LogP contribution in [0.3, 0.4) is 0 Å². The fraction of sp³-hybridized carbons (Fsp3) is 0.333. The number of carbonyl (C=O) groups is 2. The molecule has 3 N–H and O–H groups in total. The number of benzene rings is 1. The monoisotopic (exact) mass is 250 g/mol. The fourth-order valence-electron chi connectivity index (χ4n) is 1.89. The van der Waals surface area contributed by atoms with Crippen LogP contribution in [0.1, 0.15) is 16.8 Å². The van der Waals surface area contributed by atoms with Crippen LogP contribution in [0, 0.1) is 0 Å².